The number of rotatable bonds is 4. The van der Waals surface area contributed by atoms with E-state index in [-0.39, 0.29) is 22.5 Å². The van der Waals surface area contributed by atoms with Gasteiger partial charge in [-0.05, 0) is 0 Å². The Morgan fingerprint density at radius 2 is 2.12 bits per heavy atom. The highest BCUT2D eigenvalue weighted by Gasteiger charge is 2.45. The van der Waals surface area contributed by atoms with E-state index in [0.29, 0.717) is 0 Å². The van der Waals surface area contributed by atoms with Crippen molar-refractivity contribution in [2.45, 2.75) is 24.5 Å². The molecule has 0 aliphatic carbocycles. The van der Waals surface area contributed by atoms with Gasteiger partial charge >= 0.3 is 10.3 Å². The summed E-state index contributed by atoms with van der Waals surface area (Å²) >= 11 is 0. The minimum atomic E-state index is -4.25. The minimum absolute atomic E-state index is 0.00921. The first kappa shape index (κ1) is 17.4. The van der Waals surface area contributed by atoms with Crippen LogP contribution in [-0.2, 0) is 19.2 Å². The maximum Gasteiger partial charge on any atom is 0.333 e. The van der Waals surface area contributed by atoms with E-state index in [1.165, 1.54) is 0 Å². The summed E-state index contributed by atoms with van der Waals surface area (Å²) in [5.74, 6) is 0.00921. The zero-order valence-electron chi connectivity index (χ0n) is 12.4. The Labute approximate surface area is 140 Å². The lowest BCUT2D eigenvalue weighted by Crippen LogP contribution is -2.35. The van der Waals surface area contributed by atoms with Crippen LogP contribution in [-0.4, -0.2) is 63.3 Å². The number of nitriles is 1. The minimum Gasteiger partial charge on any atom is -0.387 e. The zero-order valence-corrected chi connectivity index (χ0v) is 13.2. The predicted molar refractivity (Wildman–Crippen MR) is 79.4 cm³/mol. The number of fused-ring (bicyclic) bond motifs is 1. The average Bonchev–Trinajstić information content (AvgIpc) is 3.05. The van der Waals surface area contributed by atoms with Crippen LogP contribution >= 0.6 is 0 Å². The molecule has 13 nitrogen and oxygen atoms in total. The molecule has 1 fully saturated rings. The first-order chi connectivity index (χ1) is 11.7. The van der Waals surface area contributed by atoms with Crippen molar-refractivity contribution in [1.29, 1.82) is 5.26 Å². The number of aromatic nitrogens is 4. The fourth-order valence-electron chi connectivity index (χ4n) is 2.48. The molecule has 2 aromatic heterocycles. The average molecular weight is 371 g/mol. The molecule has 1 saturated heterocycles. The van der Waals surface area contributed by atoms with Crippen LogP contribution in [0.4, 0.5) is 5.82 Å². The molecule has 2 aromatic rings. The van der Waals surface area contributed by atoms with Crippen molar-refractivity contribution in [3.63, 3.8) is 0 Å². The van der Waals surface area contributed by atoms with Crippen LogP contribution in [0.15, 0.2) is 6.33 Å². The summed E-state index contributed by atoms with van der Waals surface area (Å²) < 4.78 is 32.6. The van der Waals surface area contributed by atoms with Crippen molar-refractivity contribution < 1.29 is 27.6 Å². The van der Waals surface area contributed by atoms with Crippen molar-refractivity contribution in [2.75, 3.05) is 12.3 Å². The van der Waals surface area contributed by atoms with Gasteiger partial charge in [0.15, 0.2) is 17.6 Å². The second-order valence-electron chi connectivity index (χ2n) is 5.19. The number of hydrogen-bond donors (Lipinski definition) is 4. The van der Waals surface area contributed by atoms with Crippen LogP contribution in [0, 0.1) is 11.3 Å². The SMILES string of the molecule is N#Cc1nn([C@@H]2O[C@H](COS(N)(=O)=O)[C@H](O)[C@H]2O)c2ncnc(N)c12. The maximum atomic E-state index is 10.9. The van der Waals surface area contributed by atoms with Gasteiger partial charge < -0.3 is 20.7 Å². The van der Waals surface area contributed by atoms with E-state index in [1.807, 2.05) is 6.07 Å². The Hall–Kier alpha value is -2.41. The quantitative estimate of drug-likeness (QED) is 0.428. The summed E-state index contributed by atoms with van der Waals surface area (Å²) in [5, 5.41) is 38.2. The number of aliphatic hydroxyl groups excluding tert-OH is 2. The topological polar surface area (TPSA) is 212 Å². The van der Waals surface area contributed by atoms with Gasteiger partial charge in [-0.1, -0.05) is 0 Å². The van der Waals surface area contributed by atoms with Crippen LogP contribution in [0.3, 0.4) is 0 Å². The first-order valence-electron chi connectivity index (χ1n) is 6.80. The molecule has 14 heteroatoms. The molecule has 0 aromatic carbocycles. The smallest absolute Gasteiger partial charge is 0.333 e. The van der Waals surface area contributed by atoms with E-state index in [2.05, 4.69) is 19.2 Å². The molecule has 0 radical (unpaired) electrons. The Morgan fingerprint density at radius 1 is 1.40 bits per heavy atom. The van der Waals surface area contributed by atoms with Crippen LogP contribution in [0.25, 0.3) is 11.0 Å². The molecule has 4 atom stereocenters. The van der Waals surface area contributed by atoms with E-state index in [1.54, 1.807) is 0 Å². The first-order valence-corrected chi connectivity index (χ1v) is 8.27. The Morgan fingerprint density at radius 3 is 2.76 bits per heavy atom. The molecule has 3 rings (SSSR count). The van der Waals surface area contributed by atoms with E-state index in [4.69, 9.17) is 20.9 Å². The zero-order chi connectivity index (χ0) is 18.4. The maximum absolute atomic E-state index is 10.9. The van der Waals surface area contributed by atoms with E-state index in [9.17, 15) is 18.6 Å². The van der Waals surface area contributed by atoms with Gasteiger partial charge in [-0.3, -0.25) is 4.18 Å². The van der Waals surface area contributed by atoms with Gasteiger partial charge in [-0.15, -0.1) is 0 Å². The summed E-state index contributed by atoms with van der Waals surface area (Å²) in [6.07, 6.45) is -4.32. The third-order valence-corrected chi connectivity index (χ3v) is 4.06. The number of hydrogen-bond acceptors (Lipinski definition) is 11. The van der Waals surface area contributed by atoms with Gasteiger partial charge in [0.25, 0.3) is 0 Å². The fraction of sp³-hybridized carbons (Fsp3) is 0.455. The molecule has 0 saturated carbocycles. The molecule has 6 N–H and O–H groups in total. The van der Waals surface area contributed by atoms with Gasteiger partial charge in [-0.25, -0.2) is 19.8 Å². The van der Waals surface area contributed by atoms with Crippen molar-refractivity contribution in [3.8, 4) is 6.07 Å². The van der Waals surface area contributed by atoms with Crippen molar-refractivity contribution in [3.05, 3.63) is 12.0 Å². The van der Waals surface area contributed by atoms with E-state index in [0.717, 1.165) is 11.0 Å². The number of aliphatic hydroxyl groups is 2. The van der Waals surface area contributed by atoms with Crippen LogP contribution in [0.2, 0.25) is 0 Å². The number of nitrogens with zero attached hydrogens (tertiary/aromatic N) is 5. The Balaban J connectivity index is 1.96. The molecular weight excluding hydrogens is 358 g/mol. The van der Waals surface area contributed by atoms with Crippen LogP contribution in [0.5, 0.6) is 0 Å². The molecule has 0 bridgehead atoms. The van der Waals surface area contributed by atoms with Gasteiger partial charge in [-0.2, -0.15) is 18.8 Å². The third-order valence-electron chi connectivity index (χ3n) is 3.60. The normalized spacial score (nSPS) is 26.8. The summed E-state index contributed by atoms with van der Waals surface area (Å²) in [5.41, 5.74) is 5.73. The highest BCUT2D eigenvalue weighted by Crippen LogP contribution is 2.33. The fourth-order valence-corrected chi connectivity index (χ4v) is 2.81. The van der Waals surface area contributed by atoms with Gasteiger partial charge in [0, 0.05) is 0 Å². The third kappa shape index (κ3) is 3.11. The Bertz CT molecular complexity index is 954. The molecular formula is C11H13N7O6S. The number of anilines is 1. The van der Waals surface area contributed by atoms with E-state index >= 15 is 0 Å². The van der Waals surface area contributed by atoms with Gasteiger partial charge in [0.05, 0.1) is 12.0 Å². The molecule has 1 aliphatic heterocycles. The second-order valence-corrected chi connectivity index (χ2v) is 6.41. The van der Waals surface area contributed by atoms with Crippen molar-refractivity contribution >= 4 is 27.2 Å². The van der Waals surface area contributed by atoms with Crippen molar-refractivity contribution in [1.82, 2.24) is 19.7 Å². The monoisotopic (exact) mass is 371 g/mol. The summed E-state index contributed by atoms with van der Waals surface area (Å²) in [6, 6.07) is 1.82. The summed E-state index contributed by atoms with van der Waals surface area (Å²) in [4.78, 5) is 7.73. The van der Waals surface area contributed by atoms with Crippen LogP contribution < -0.4 is 10.9 Å². The van der Waals surface area contributed by atoms with Gasteiger partial charge in [0.2, 0.25) is 0 Å². The lowest BCUT2D eigenvalue weighted by atomic mass is 10.1. The van der Waals surface area contributed by atoms with Crippen LogP contribution in [0.1, 0.15) is 11.9 Å². The molecule has 25 heavy (non-hydrogen) atoms. The Kier molecular flexibility index (Phi) is 4.28. The van der Waals surface area contributed by atoms with Crippen molar-refractivity contribution in [2.24, 2.45) is 5.14 Å². The number of nitrogen functional groups attached to an aromatic ring is 1. The highest BCUT2D eigenvalue weighted by molar-refractivity contribution is 7.84. The number of nitrogens with two attached hydrogens (primary N) is 2. The molecule has 0 spiro atoms. The predicted octanol–water partition coefficient (Wildman–Crippen LogP) is -2.88. The lowest BCUT2D eigenvalue weighted by Gasteiger charge is -2.15. The van der Waals surface area contributed by atoms with Gasteiger partial charge in [0.1, 0.15) is 36.5 Å². The molecule has 0 unspecified atom stereocenters. The molecule has 3 heterocycles. The second kappa shape index (κ2) is 6.15. The lowest BCUT2D eigenvalue weighted by molar-refractivity contribution is -0.0527. The summed E-state index contributed by atoms with van der Waals surface area (Å²) in [7, 11) is -4.25. The summed E-state index contributed by atoms with van der Waals surface area (Å²) in [6.45, 7) is -0.616. The molecule has 134 valence electrons. The standard InChI is InChI=1S/C11H13N7O6S/c12-1-4-6-9(13)15-3-16-10(6)18(17-4)11-8(20)7(19)5(24-11)2-23-25(14,21)22/h3,5,7-8,11,19-20H,2H2,(H2,13,15,16)(H2,14,21,22)/t5-,7+,8-,11-/m1/s1. The highest BCUT2D eigenvalue weighted by atomic mass is 32.2. The van der Waals surface area contributed by atoms with E-state index < -0.39 is 41.5 Å². The molecule has 1 aliphatic rings. The molecule has 0 amide bonds. The number of ether oxygens (including phenoxy) is 1. The largest absolute Gasteiger partial charge is 0.387 e.